The summed E-state index contributed by atoms with van der Waals surface area (Å²) in [6.07, 6.45) is 3.92. The zero-order chi connectivity index (χ0) is 8.69. The molecule has 64 valence electrons. The molecule has 11 heavy (non-hydrogen) atoms. The Morgan fingerprint density at radius 2 is 2.27 bits per heavy atom. The fraction of sp³-hybridized carbons (Fsp3) is 0.667. The van der Waals surface area contributed by atoms with Crippen LogP contribution in [0.4, 0.5) is 0 Å². The van der Waals surface area contributed by atoms with Gasteiger partial charge in [0.05, 0.1) is 5.71 Å². The third-order valence-electron chi connectivity index (χ3n) is 1.21. The molecule has 0 aromatic heterocycles. The second-order valence-electron chi connectivity index (χ2n) is 2.84. The standard InChI is InChI=1S/C9H18N2/c1-5-7-9(6-2)11-10-8(3)4/h6,8,10H,2,5,7H2,1,3-4H3. The van der Waals surface area contributed by atoms with Crippen LogP contribution < -0.4 is 5.43 Å². The molecule has 0 aliphatic rings. The van der Waals surface area contributed by atoms with Crippen LogP contribution in [0.5, 0.6) is 0 Å². The zero-order valence-electron chi connectivity index (χ0n) is 7.72. The largest absolute Gasteiger partial charge is 0.307 e. The Labute approximate surface area is 69.4 Å². The van der Waals surface area contributed by atoms with Crippen LogP contribution in [-0.4, -0.2) is 11.8 Å². The fourth-order valence-electron chi connectivity index (χ4n) is 0.672. The number of hydrazone groups is 1. The van der Waals surface area contributed by atoms with Crippen LogP contribution in [0.3, 0.4) is 0 Å². The van der Waals surface area contributed by atoms with Gasteiger partial charge < -0.3 is 5.43 Å². The van der Waals surface area contributed by atoms with Gasteiger partial charge in [-0.3, -0.25) is 0 Å². The normalized spacial score (nSPS) is 11.8. The summed E-state index contributed by atoms with van der Waals surface area (Å²) < 4.78 is 0. The van der Waals surface area contributed by atoms with Gasteiger partial charge >= 0.3 is 0 Å². The molecule has 0 spiro atoms. The summed E-state index contributed by atoms with van der Waals surface area (Å²) >= 11 is 0. The lowest BCUT2D eigenvalue weighted by atomic mass is 10.2. The van der Waals surface area contributed by atoms with Gasteiger partial charge in [-0.05, 0) is 26.3 Å². The molecule has 1 N–H and O–H groups in total. The molecule has 0 aromatic rings. The van der Waals surface area contributed by atoms with Crippen molar-refractivity contribution in [3.05, 3.63) is 12.7 Å². The zero-order valence-corrected chi connectivity index (χ0v) is 7.72. The Bertz CT molecular complexity index is 136. The highest BCUT2D eigenvalue weighted by molar-refractivity contribution is 5.94. The van der Waals surface area contributed by atoms with E-state index in [1.165, 1.54) is 0 Å². The highest BCUT2D eigenvalue weighted by Gasteiger charge is 1.91. The summed E-state index contributed by atoms with van der Waals surface area (Å²) in [6, 6.07) is 0.404. The molecule has 2 nitrogen and oxygen atoms in total. The number of nitrogens with zero attached hydrogens (tertiary/aromatic N) is 1. The Morgan fingerprint density at radius 3 is 2.64 bits per heavy atom. The lowest BCUT2D eigenvalue weighted by Crippen LogP contribution is -2.17. The summed E-state index contributed by atoms with van der Waals surface area (Å²) in [5.74, 6) is 0. The van der Waals surface area contributed by atoms with Gasteiger partial charge in [0.15, 0.2) is 0 Å². The summed E-state index contributed by atoms with van der Waals surface area (Å²) in [7, 11) is 0. The molecule has 0 bridgehead atoms. The highest BCUT2D eigenvalue weighted by atomic mass is 15.3. The number of nitrogens with one attached hydrogen (secondary N) is 1. The van der Waals surface area contributed by atoms with Crippen molar-refractivity contribution < 1.29 is 0 Å². The van der Waals surface area contributed by atoms with Crippen LogP contribution in [0.15, 0.2) is 17.8 Å². The SMILES string of the molecule is C=CC(CCC)=NNC(C)C. The van der Waals surface area contributed by atoms with Gasteiger partial charge in [0.2, 0.25) is 0 Å². The highest BCUT2D eigenvalue weighted by Crippen LogP contribution is 1.92. The number of rotatable bonds is 5. The first kappa shape index (κ1) is 10.2. The van der Waals surface area contributed by atoms with E-state index in [0.717, 1.165) is 18.6 Å². The van der Waals surface area contributed by atoms with Gasteiger partial charge in [0.25, 0.3) is 0 Å². The minimum absolute atomic E-state index is 0.404. The maximum atomic E-state index is 4.18. The van der Waals surface area contributed by atoms with Crippen LogP contribution in [0.1, 0.15) is 33.6 Å². The molecule has 0 atom stereocenters. The molecule has 0 heterocycles. The van der Waals surface area contributed by atoms with Crippen LogP contribution in [0.2, 0.25) is 0 Å². The number of allylic oxidation sites excluding steroid dienone is 1. The first-order valence-electron chi connectivity index (χ1n) is 4.15. The van der Waals surface area contributed by atoms with Crippen LogP contribution in [0, 0.1) is 0 Å². The van der Waals surface area contributed by atoms with Gasteiger partial charge in [-0.1, -0.05) is 19.9 Å². The topological polar surface area (TPSA) is 24.4 Å². The molecule has 0 amide bonds. The molecule has 0 aliphatic heterocycles. The number of hydrogen-bond donors (Lipinski definition) is 1. The smallest absolute Gasteiger partial charge is 0.0597 e. The van der Waals surface area contributed by atoms with Crippen LogP contribution in [0.25, 0.3) is 0 Å². The van der Waals surface area contributed by atoms with Gasteiger partial charge in [-0.25, -0.2) is 0 Å². The molecule has 0 saturated heterocycles. The predicted octanol–water partition coefficient (Wildman–Crippen LogP) is 2.33. The average molecular weight is 154 g/mol. The van der Waals surface area contributed by atoms with Gasteiger partial charge in [-0.15, -0.1) is 0 Å². The molecule has 0 rings (SSSR count). The van der Waals surface area contributed by atoms with Gasteiger partial charge in [0.1, 0.15) is 0 Å². The second kappa shape index (κ2) is 5.96. The Morgan fingerprint density at radius 1 is 1.64 bits per heavy atom. The lowest BCUT2D eigenvalue weighted by Gasteiger charge is -2.04. The van der Waals surface area contributed by atoms with E-state index in [2.05, 4.69) is 37.9 Å². The minimum atomic E-state index is 0.404. The van der Waals surface area contributed by atoms with E-state index in [-0.39, 0.29) is 0 Å². The molecular formula is C9H18N2. The van der Waals surface area contributed by atoms with Gasteiger partial charge in [-0.2, -0.15) is 5.10 Å². The summed E-state index contributed by atoms with van der Waals surface area (Å²) in [5.41, 5.74) is 4.04. The third kappa shape index (κ3) is 5.64. The van der Waals surface area contributed by atoms with Crippen LogP contribution in [-0.2, 0) is 0 Å². The first-order chi connectivity index (χ1) is 5.20. The summed E-state index contributed by atoms with van der Waals surface area (Å²) in [6.45, 7) is 9.95. The van der Waals surface area contributed by atoms with Crippen molar-refractivity contribution in [1.82, 2.24) is 5.43 Å². The molecule has 0 unspecified atom stereocenters. The first-order valence-corrected chi connectivity index (χ1v) is 4.15. The number of hydrogen-bond acceptors (Lipinski definition) is 2. The van der Waals surface area contributed by atoms with E-state index in [4.69, 9.17) is 0 Å². The van der Waals surface area contributed by atoms with E-state index in [9.17, 15) is 0 Å². The molecule has 0 aliphatic carbocycles. The van der Waals surface area contributed by atoms with Crippen molar-refractivity contribution in [2.45, 2.75) is 39.7 Å². The monoisotopic (exact) mass is 154 g/mol. The molecule has 0 aromatic carbocycles. The van der Waals surface area contributed by atoms with E-state index in [1.54, 1.807) is 6.08 Å². The van der Waals surface area contributed by atoms with Crippen molar-refractivity contribution >= 4 is 5.71 Å². The fourth-order valence-corrected chi connectivity index (χ4v) is 0.672. The Kier molecular flexibility index (Phi) is 5.53. The quantitative estimate of drug-likeness (QED) is 0.477. The van der Waals surface area contributed by atoms with Crippen molar-refractivity contribution in [3.63, 3.8) is 0 Å². The lowest BCUT2D eigenvalue weighted by molar-refractivity contribution is 0.619. The molecule has 0 saturated carbocycles. The maximum Gasteiger partial charge on any atom is 0.0597 e. The summed E-state index contributed by atoms with van der Waals surface area (Å²) in [4.78, 5) is 0. The maximum absolute atomic E-state index is 4.18. The van der Waals surface area contributed by atoms with E-state index >= 15 is 0 Å². The van der Waals surface area contributed by atoms with E-state index in [0.29, 0.717) is 6.04 Å². The van der Waals surface area contributed by atoms with E-state index < -0.39 is 0 Å². The third-order valence-corrected chi connectivity index (χ3v) is 1.21. The Balaban J connectivity index is 3.80. The summed E-state index contributed by atoms with van der Waals surface area (Å²) in [5, 5.41) is 4.18. The van der Waals surface area contributed by atoms with Crippen molar-refractivity contribution in [1.29, 1.82) is 0 Å². The van der Waals surface area contributed by atoms with Crippen molar-refractivity contribution in [2.75, 3.05) is 0 Å². The van der Waals surface area contributed by atoms with Crippen molar-refractivity contribution in [3.8, 4) is 0 Å². The van der Waals surface area contributed by atoms with E-state index in [1.807, 2.05) is 0 Å². The average Bonchev–Trinajstić information content (AvgIpc) is 1.97. The second-order valence-corrected chi connectivity index (χ2v) is 2.84. The van der Waals surface area contributed by atoms with Gasteiger partial charge in [0, 0.05) is 6.04 Å². The van der Waals surface area contributed by atoms with Crippen molar-refractivity contribution in [2.24, 2.45) is 5.10 Å². The predicted molar refractivity (Wildman–Crippen MR) is 50.8 cm³/mol. The molecule has 0 fully saturated rings. The molecular weight excluding hydrogens is 136 g/mol. The minimum Gasteiger partial charge on any atom is -0.307 e. The Hall–Kier alpha value is -0.790. The molecule has 0 radical (unpaired) electrons. The molecule has 2 heteroatoms. The van der Waals surface area contributed by atoms with Crippen LogP contribution >= 0.6 is 0 Å².